The molecule has 0 amide bonds. The molecule has 0 saturated carbocycles. The van der Waals surface area contributed by atoms with Crippen LogP contribution in [-0.2, 0) is 6.54 Å². The van der Waals surface area contributed by atoms with Gasteiger partial charge in [0.2, 0.25) is 0 Å². The lowest BCUT2D eigenvalue weighted by atomic mass is 9.82. The average molecular weight is 236 g/mol. The van der Waals surface area contributed by atoms with Crippen LogP contribution in [0.15, 0.2) is 0 Å². The molecule has 17 heavy (non-hydrogen) atoms. The van der Waals surface area contributed by atoms with Gasteiger partial charge in [-0.3, -0.25) is 0 Å². The smallest absolute Gasteiger partial charge is 0.148 e. The quantitative estimate of drug-likeness (QED) is 0.848. The molecule has 1 aromatic rings. The number of aryl methyl sites for hydroxylation is 2. The van der Waals surface area contributed by atoms with Crippen LogP contribution in [0, 0.1) is 12.3 Å². The van der Waals surface area contributed by atoms with Crippen LogP contribution >= 0.6 is 0 Å². The fourth-order valence-corrected chi connectivity index (χ4v) is 2.56. The largest absolute Gasteiger partial charge is 0.380 e. The summed E-state index contributed by atoms with van der Waals surface area (Å²) in [6.07, 6.45) is 2.40. The number of fused-ring (bicyclic) bond motifs is 1. The highest BCUT2D eigenvalue weighted by molar-refractivity contribution is 5.69. The second-order valence-electron chi connectivity index (χ2n) is 5.04. The maximum atomic E-state index is 4.54. The lowest BCUT2D eigenvalue weighted by molar-refractivity contribution is 0.306. The first-order valence-electron chi connectivity index (χ1n) is 6.71. The molecule has 1 aromatic heterocycles. The van der Waals surface area contributed by atoms with E-state index in [4.69, 9.17) is 0 Å². The summed E-state index contributed by atoms with van der Waals surface area (Å²) in [5.41, 5.74) is 2.65. The Morgan fingerprint density at radius 2 is 1.82 bits per heavy atom. The van der Waals surface area contributed by atoms with Gasteiger partial charge in [0.1, 0.15) is 11.5 Å². The van der Waals surface area contributed by atoms with Crippen molar-refractivity contribution >= 4 is 11.5 Å². The van der Waals surface area contributed by atoms with Crippen molar-refractivity contribution in [1.29, 1.82) is 0 Å². The summed E-state index contributed by atoms with van der Waals surface area (Å²) in [4.78, 5) is 0. The van der Waals surface area contributed by atoms with E-state index in [1.165, 1.54) is 18.5 Å². The third kappa shape index (κ3) is 2.01. The molecule has 2 N–H and O–H groups in total. The van der Waals surface area contributed by atoms with Gasteiger partial charge in [-0.05, 0) is 26.7 Å². The van der Waals surface area contributed by atoms with E-state index in [-0.39, 0.29) is 0 Å². The highest BCUT2D eigenvalue weighted by Crippen LogP contribution is 2.35. The number of aromatic nitrogens is 2. The molecule has 1 aliphatic heterocycles. The SMILES string of the molecule is CCn1nc(C)c2c1NCC(CC)(CC)CN2. The van der Waals surface area contributed by atoms with Gasteiger partial charge in [-0.2, -0.15) is 5.10 Å². The summed E-state index contributed by atoms with van der Waals surface area (Å²) in [5, 5.41) is 11.7. The predicted molar refractivity (Wildman–Crippen MR) is 72.6 cm³/mol. The minimum atomic E-state index is 0.365. The van der Waals surface area contributed by atoms with E-state index in [9.17, 15) is 0 Å². The van der Waals surface area contributed by atoms with Gasteiger partial charge < -0.3 is 10.6 Å². The monoisotopic (exact) mass is 236 g/mol. The molecule has 0 saturated heterocycles. The minimum Gasteiger partial charge on any atom is -0.380 e. The van der Waals surface area contributed by atoms with Crippen LogP contribution < -0.4 is 10.6 Å². The first-order valence-corrected chi connectivity index (χ1v) is 6.71. The Morgan fingerprint density at radius 3 is 2.41 bits per heavy atom. The lowest BCUT2D eigenvalue weighted by Crippen LogP contribution is -2.33. The van der Waals surface area contributed by atoms with E-state index in [0.29, 0.717) is 5.41 Å². The molecular formula is C13H24N4. The van der Waals surface area contributed by atoms with Crippen LogP contribution in [0.3, 0.4) is 0 Å². The molecule has 1 aliphatic rings. The van der Waals surface area contributed by atoms with Crippen molar-refractivity contribution in [2.45, 2.75) is 47.1 Å². The number of rotatable bonds is 3. The highest BCUT2D eigenvalue weighted by Gasteiger charge is 2.30. The van der Waals surface area contributed by atoms with Crippen LogP contribution in [0.4, 0.5) is 11.5 Å². The summed E-state index contributed by atoms with van der Waals surface area (Å²) < 4.78 is 2.05. The van der Waals surface area contributed by atoms with E-state index < -0.39 is 0 Å². The average Bonchev–Trinajstić information content (AvgIpc) is 2.56. The Morgan fingerprint density at radius 1 is 1.18 bits per heavy atom. The van der Waals surface area contributed by atoms with Gasteiger partial charge in [0, 0.05) is 25.0 Å². The van der Waals surface area contributed by atoms with E-state index >= 15 is 0 Å². The van der Waals surface area contributed by atoms with E-state index in [2.05, 4.69) is 48.1 Å². The topological polar surface area (TPSA) is 41.9 Å². The summed E-state index contributed by atoms with van der Waals surface area (Å²) in [7, 11) is 0. The summed E-state index contributed by atoms with van der Waals surface area (Å²) in [6.45, 7) is 11.7. The fraction of sp³-hybridized carbons (Fsp3) is 0.769. The molecule has 2 rings (SSSR count). The zero-order valence-corrected chi connectivity index (χ0v) is 11.4. The standard InChI is InChI=1S/C13H24N4/c1-5-13(6-2)8-14-11-10(4)16-17(7-3)12(11)15-9-13/h14-15H,5-9H2,1-4H3. The third-order valence-electron chi connectivity index (χ3n) is 4.20. The van der Waals surface area contributed by atoms with Crippen molar-refractivity contribution in [3.8, 4) is 0 Å². The third-order valence-corrected chi connectivity index (χ3v) is 4.20. The zero-order chi connectivity index (χ0) is 12.5. The normalized spacial score (nSPS) is 17.9. The summed E-state index contributed by atoms with van der Waals surface area (Å²) in [5.74, 6) is 1.16. The van der Waals surface area contributed by atoms with E-state index in [0.717, 1.165) is 31.1 Å². The minimum absolute atomic E-state index is 0.365. The van der Waals surface area contributed by atoms with Crippen molar-refractivity contribution in [1.82, 2.24) is 9.78 Å². The van der Waals surface area contributed by atoms with Gasteiger partial charge in [-0.1, -0.05) is 13.8 Å². The fourth-order valence-electron chi connectivity index (χ4n) is 2.56. The first-order chi connectivity index (χ1) is 8.15. The second kappa shape index (κ2) is 4.59. The molecule has 4 heteroatoms. The number of nitrogens with zero attached hydrogens (tertiary/aromatic N) is 2. The Bertz CT molecular complexity index is 390. The van der Waals surface area contributed by atoms with Crippen LogP contribution in [0.2, 0.25) is 0 Å². The van der Waals surface area contributed by atoms with Crippen LogP contribution in [-0.4, -0.2) is 22.9 Å². The Balaban J connectivity index is 2.30. The molecular weight excluding hydrogens is 212 g/mol. The number of anilines is 2. The van der Waals surface area contributed by atoms with Crippen LogP contribution in [0.1, 0.15) is 39.3 Å². The van der Waals surface area contributed by atoms with Crippen molar-refractivity contribution < 1.29 is 0 Å². The second-order valence-corrected chi connectivity index (χ2v) is 5.04. The molecule has 0 unspecified atom stereocenters. The van der Waals surface area contributed by atoms with E-state index in [1.54, 1.807) is 0 Å². The molecule has 0 bridgehead atoms. The van der Waals surface area contributed by atoms with Gasteiger partial charge in [-0.25, -0.2) is 4.68 Å². The molecule has 96 valence electrons. The van der Waals surface area contributed by atoms with Crippen molar-refractivity contribution in [2.24, 2.45) is 5.41 Å². The van der Waals surface area contributed by atoms with Gasteiger partial charge in [-0.15, -0.1) is 0 Å². The number of hydrogen-bond acceptors (Lipinski definition) is 3. The van der Waals surface area contributed by atoms with Gasteiger partial charge in [0.25, 0.3) is 0 Å². The summed E-state index contributed by atoms with van der Waals surface area (Å²) >= 11 is 0. The molecule has 0 spiro atoms. The molecule has 0 aliphatic carbocycles. The van der Waals surface area contributed by atoms with Crippen molar-refractivity contribution in [3.05, 3.63) is 5.69 Å². The molecule has 0 aromatic carbocycles. The predicted octanol–water partition coefficient (Wildman–Crippen LogP) is 2.86. The maximum Gasteiger partial charge on any atom is 0.148 e. The highest BCUT2D eigenvalue weighted by atomic mass is 15.3. The zero-order valence-electron chi connectivity index (χ0n) is 11.4. The van der Waals surface area contributed by atoms with Crippen molar-refractivity contribution in [3.63, 3.8) is 0 Å². The Hall–Kier alpha value is -1.19. The Kier molecular flexibility index (Phi) is 3.31. The number of nitrogens with one attached hydrogen (secondary N) is 2. The van der Waals surface area contributed by atoms with Gasteiger partial charge >= 0.3 is 0 Å². The van der Waals surface area contributed by atoms with Crippen molar-refractivity contribution in [2.75, 3.05) is 23.7 Å². The van der Waals surface area contributed by atoms with Crippen LogP contribution in [0.5, 0.6) is 0 Å². The summed E-state index contributed by atoms with van der Waals surface area (Å²) in [6, 6.07) is 0. The maximum absolute atomic E-state index is 4.54. The molecule has 0 atom stereocenters. The lowest BCUT2D eigenvalue weighted by Gasteiger charge is -2.30. The Labute approximate surface area is 104 Å². The van der Waals surface area contributed by atoms with Gasteiger partial charge in [0.15, 0.2) is 0 Å². The first kappa shape index (κ1) is 12.3. The van der Waals surface area contributed by atoms with E-state index in [1.807, 2.05) is 0 Å². The molecule has 0 fully saturated rings. The van der Waals surface area contributed by atoms with Gasteiger partial charge in [0.05, 0.1) is 5.69 Å². The molecule has 0 radical (unpaired) electrons. The molecule has 4 nitrogen and oxygen atoms in total. The number of hydrogen-bond donors (Lipinski definition) is 2. The van der Waals surface area contributed by atoms with Crippen LogP contribution in [0.25, 0.3) is 0 Å². The molecule has 2 heterocycles.